The Bertz CT molecular complexity index is 1150. The molecule has 1 fully saturated rings. The van der Waals surface area contributed by atoms with Gasteiger partial charge in [-0.05, 0) is 37.8 Å². The lowest BCUT2D eigenvalue weighted by molar-refractivity contribution is -0.133. The number of rotatable bonds is 9. The second-order valence-electron chi connectivity index (χ2n) is 9.59. The number of guanidine groups is 1. The second kappa shape index (κ2) is 12.9. The summed E-state index contributed by atoms with van der Waals surface area (Å²) in [7, 11) is -0.147. The first-order valence-corrected chi connectivity index (χ1v) is 14.2. The van der Waals surface area contributed by atoms with Gasteiger partial charge in [-0.2, -0.15) is 4.72 Å². The summed E-state index contributed by atoms with van der Waals surface area (Å²) in [5.74, 6) is -0.203. The van der Waals surface area contributed by atoms with Crippen LogP contribution in [0.5, 0.6) is 0 Å². The minimum atomic E-state index is -3.99. The van der Waals surface area contributed by atoms with Gasteiger partial charge in [-0.15, -0.1) is 0 Å². The van der Waals surface area contributed by atoms with Crippen molar-refractivity contribution in [3.05, 3.63) is 36.4 Å². The second-order valence-corrected chi connectivity index (χ2v) is 11.3. The number of benzene rings is 2. The molecule has 10 heteroatoms. The molecule has 5 N–H and O–H groups in total. The molecule has 2 aromatic carbocycles. The zero-order valence-corrected chi connectivity index (χ0v) is 22.3. The van der Waals surface area contributed by atoms with Crippen LogP contribution in [0.4, 0.5) is 5.69 Å². The van der Waals surface area contributed by atoms with Crippen LogP contribution < -0.4 is 21.1 Å². The van der Waals surface area contributed by atoms with Crippen molar-refractivity contribution < 1.29 is 13.2 Å². The molecule has 36 heavy (non-hydrogen) atoms. The number of anilines is 1. The van der Waals surface area contributed by atoms with Gasteiger partial charge >= 0.3 is 0 Å². The van der Waals surface area contributed by atoms with E-state index in [1.54, 1.807) is 18.2 Å². The van der Waals surface area contributed by atoms with Crippen LogP contribution in [0.1, 0.15) is 51.4 Å². The van der Waals surface area contributed by atoms with E-state index in [0.29, 0.717) is 37.9 Å². The highest BCUT2D eigenvalue weighted by Gasteiger charge is 2.30. The molecular weight excluding hydrogens is 476 g/mol. The minimum absolute atomic E-state index is 0.0223. The van der Waals surface area contributed by atoms with Crippen molar-refractivity contribution in [1.82, 2.24) is 9.62 Å². The molecule has 1 atom stereocenters. The molecule has 0 bridgehead atoms. The van der Waals surface area contributed by atoms with Crippen molar-refractivity contribution in [2.75, 3.05) is 38.6 Å². The van der Waals surface area contributed by atoms with Crippen molar-refractivity contribution in [3.63, 3.8) is 0 Å². The summed E-state index contributed by atoms with van der Waals surface area (Å²) in [5, 5.41) is 1.45. The number of carbonyl (C=O) groups excluding carboxylic acids is 1. The first kappa shape index (κ1) is 27.7. The van der Waals surface area contributed by atoms with Gasteiger partial charge in [-0.25, -0.2) is 8.42 Å². The van der Waals surface area contributed by atoms with Crippen molar-refractivity contribution >= 4 is 38.3 Å². The summed E-state index contributed by atoms with van der Waals surface area (Å²) in [4.78, 5) is 21.6. The Morgan fingerprint density at radius 3 is 2.25 bits per heavy atom. The molecule has 1 unspecified atom stereocenters. The Morgan fingerprint density at radius 2 is 1.61 bits per heavy atom. The molecule has 3 rings (SSSR count). The number of nitrogens with zero attached hydrogens (tertiary/aromatic N) is 3. The normalized spacial score (nSPS) is 16.0. The van der Waals surface area contributed by atoms with Crippen LogP contribution in [-0.4, -0.2) is 65.0 Å². The molecule has 0 aliphatic carbocycles. The maximum atomic E-state index is 13.7. The molecule has 1 aliphatic heterocycles. The average molecular weight is 517 g/mol. The summed E-state index contributed by atoms with van der Waals surface area (Å²) in [6.07, 6.45) is 7.14. The van der Waals surface area contributed by atoms with Crippen molar-refractivity contribution in [2.45, 2.75) is 62.3 Å². The van der Waals surface area contributed by atoms with E-state index in [1.165, 1.54) is 12.8 Å². The van der Waals surface area contributed by atoms with Gasteiger partial charge in [-0.3, -0.25) is 9.79 Å². The lowest BCUT2D eigenvalue weighted by Gasteiger charge is -2.28. The molecule has 198 valence electrons. The summed E-state index contributed by atoms with van der Waals surface area (Å²) >= 11 is 0. The van der Waals surface area contributed by atoms with E-state index < -0.39 is 16.1 Å². The summed E-state index contributed by atoms with van der Waals surface area (Å²) < 4.78 is 30.1. The Hall–Kier alpha value is -2.85. The third-order valence-electron chi connectivity index (χ3n) is 6.59. The molecule has 1 saturated heterocycles. The molecule has 1 amide bonds. The van der Waals surface area contributed by atoms with E-state index in [0.717, 1.165) is 36.8 Å². The largest absolute Gasteiger partial charge is 0.377 e. The van der Waals surface area contributed by atoms with Crippen LogP contribution in [0, 0.1) is 0 Å². The molecule has 0 spiro atoms. The van der Waals surface area contributed by atoms with Gasteiger partial charge in [0, 0.05) is 50.2 Å². The first-order chi connectivity index (χ1) is 17.2. The fourth-order valence-corrected chi connectivity index (χ4v) is 6.19. The van der Waals surface area contributed by atoms with Crippen LogP contribution in [-0.2, 0) is 14.8 Å². The Labute approximate surface area is 215 Å². The highest BCUT2D eigenvalue weighted by Crippen LogP contribution is 2.30. The van der Waals surface area contributed by atoms with Gasteiger partial charge < -0.3 is 21.3 Å². The topological polar surface area (TPSA) is 134 Å². The molecule has 1 heterocycles. The Balaban J connectivity index is 1.91. The third-order valence-corrected chi connectivity index (χ3v) is 8.12. The number of hydrogen-bond donors (Lipinski definition) is 3. The molecule has 9 nitrogen and oxygen atoms in total. The number of aliphatic imine (C=N–C) groups is 1. The molecule has 0 saturated carbocycles. The Morgan fingerprint density at radius 1 is 1.00 bits per heavy atom. The molecule has 0 aromatic heterocycles. The van der Waals surface area contributed by atoms with E-state index in [1.807, 2.05) is 42.1 Å². The minimum Gasteiger partial charge on any atom is -0.377 e. The summed E-state index contributed by atoms with van der Waals surface area (Å²) in [6.45, 7) is 1.62. The van der Waals surface area contributed by atoms with Gasteiger partial charge in [0.1, 0.15) is 6.04 Å². The fraction of sp³-hybridized carbons (Fsp3) is 0.538. The smallest absolute Gasteiger partial charge is 0.241 e. The van der Waals surface area contributed by atoms with Gasteiger partial charge in [0.05, 0.1) is 4.90 Å². The molecule has 1 aliphatic rings. The lowest BCUT2D eigenvalue weighted by Crippen LogP contribution is -2.49. The number of sulfonamides is 1. The number of carbonyl (C=O) groups is 1. The molecule has 0 radical (unpaired) electrons. The standard InChI is InChI=1S/C26H40N6O3S/c1-31(2)23-15-9-13-21-20(23)12-10-16-24(21)36(34,35)30-22(14-11-17-29-26(27)28)25(33)32-18-7-5-3-4-6-8-19-32/h9-10,12-13,15-16,22,30H,3-8,11,14,17-19H2,1-2H3,(H4,27,28,29). The van der Waals surface area contributed by atoms with E-state index in [4.69, 9.17) is 11.5 Å². The monoisotopic (exact) mass is 516 g/mol. The average Bonchev–Trinajstić information content (AvgIpc) is 2.98. The molecular formula is C26H40N6O3S. The van der Waals surface area contributed by atoms with Gasteiger partial charge in [0.15, 0.2) is 5.96 Å². The predicted molar refractivity (Wildman–Crippen MR) is 147 cm³/mol. The predicted octanol–water partition coefficient (Wildman–Crippen LogP) is 2.79. The van der Waals surface area contributed by atoms with Crippen LogP contribution in [0.3, 0.4) is 0 Å². The number of amides is 1. The van der Waals surface area contributed by atoms with Crippen molar-refractivity contribution in [3.8, 4) is 0 Å². The van der Waals surface area contributed by atoms with Gasteiger partial charge in [0.25, 0.3) is 0 Å². The highest BCUT2D eigenvalue weighted by atomic mass is 32.2. The van der Waals surface area contributed by atoms with Crippen LogP contribution >= 0.6 is 0 Å². The summed E-state index contributed by atoms with van der Waals surface area (Å²) in [5.41, 5.74) is 11.8. The SMILES string of the molecule is CN(C)c1cccc2c(S(=O)(=O)NC(CCCN=C(N)N)C(=O)N3CCCCCCCC3)cccc12. The maximum Gasteiger partial charge on any atom is 0.241 e. The fourth-order valence-electron chi connectivity index (χ4n) is 4.74. The van der Waals surface area contributed by atoms with Crippen LogP contribution in [0.25, 0.3) is 10.8 Å². The van der Waals surface area contributed by atoms with E-state index in [9.17, 15) is 13.2 Å². The van der Waals surface area contributed by atoms with Crippen LogP contribution in [0.2, 0.25) is 0 Å². The summed E-state index contributed by atoms with van der Waals surface area (Å²) in [6, 6.07) is 9.94. The number of nitrogens with one attached hydrogen (secondary N) is 1. The third kappa shape index (κ3) is 7.33. The zero-order chi connectivity index (χ0) is 26.1. The number of nitrogens with two attached hydrogens (primary N) is 2. The quantitative estimate of drug-likeness (QED) is 0.267. The van der Waals surface area contributed by atoms with Crippen LogP contribution in [0.15, 0.2) is 46.3 Å². The van der Waals surface area contributed by atoms with Gasteiger partial charge in [0.2, 0.25) is 15.9 Å². The zero-order valence-electron chi connectivity index (χ0n) is 21.4. The lowest BCUT2D eigenvalue weighted by atomic mass is 10.1. The van der Waals surface area contributed by atoms with E-state index in [2.05, 4.69) is 9.71 Å². The highest BCUT2D eigenvalue weighted by molar-refractivity contribution is 7.89. The first-order valence-electron chi connectivity index (χ1n) is 12.8. The van der Waals surface area contributed by atoms with E-state index in [-0.39, 0.29) is 16.8 Å². The Kier molecular flexibility index (Phi) is 9.95. The van der Waals surface area contributed by atoms with Gasteiger partial charge in [-0.1, -0.05) is 49.9 Å². The number of fused-ring (bicyclic) bond motifs is 1. The molecule has 2 aromatic rings. The van der Waals surface area contributed by atoms with Crippen molar-refractivity contribution in [1.29, 1.82) is 0 Å². The van der Waals surface area contributed by atoms with E-state index >= 15 is 0 Å². The number of hydrogen-bond acceptors (Lipinski definition) is 5. The maximum absolute atomic E-state index is 13.7. The van der Waals surface area contributed by atoms with Crippen molar-refractivity contribution in [2.24, 2.45) is 16.5 Å².